The smallest absolute Gasteiger partial charge is 0.259 e. The zero-order chi connectivity index (χ0) is 18.8. The van der Waals surface area contributed by atoms with Gasteiger partial charge in [-0.3, -0.25) is 4.79 Å². The number of fused-ring (bicyclic) bond motifs is 2. The molecule has 5 nitrogen and oxygen atoms in total. The van der Waals surface area contributed by atoms with Gasteiger partial charge >= 0.3 is 0 Å². The fourth-order valence-corrected chi connectivity index (χ4v) is 3.98. The van der Waals surface area contributed by atoms with Gasteiger partial charge in [-0.2, -0.15) is 5.10 Å². The predicted molar refractivity (Wildman–Crippen MR) is 110 cm³/mol. The van der Waals surface area contributed by atoms with Crippen LogP contribution in [0.25, 0.3) is 10.8 Å². The van der Waals surface area contributed by atoms with Crippen LogP contribution in [0.3, 0.4) is 0 Å². The molecule has 3 aromatic carbocycles. The van der Waals surface area contributed by atoms with E-state index in [1.807, 2.05) is 54.6 Å². The lowest BCUT2D eigenvalue weighted by atomic mass is 10.0. The van der Waals surface area contributed by atoms with Crippen molar-refractivity contribution in [3.8, 4) is 5.75 Å². The first-order chi connectivity index (χ1) is 13.1. The van der Waals surface area contributed by atoms with Crippen LogP contribution in [0.5, 0.6) is 5.75 Å². The number of carbonyl (C=O) groups excluding carboxylic acids is 1. The van der Waals surface area contributed by atoms with E-state index >= 15 is 0 Å². The minimum atomic E-state index is -0.488. The molecule has 0 radical (unpaired) electrons. The highest BCUT2D eigenvalue weighted by atomic mass is 32.2. The number of hydrogen-bond acceptors (Lipinski definition) is 5. The number of aromatic hydroxyl groups is 1. The molecule has 0 fully saturated rings. The number of hydrogen-bond donors (Lipinski definition) is 3. The number of phenols is 1. The third kappa shape index (κ3) is 3.39. The Morgan fingerprint density at radius 3 is 2.81 bits per heavy atom. The molecule has 0 spiro atoms. The second-order valence-electron chi connectivity index (χ2n) is 6.10. The first kappa shape index (κ1) is 17.2. The molecular weight excluding hydrogens is 358 g/mol. The Bertz CT molecular complexity index is 1080. The molecule has 27 heavy (non-hydrogen) atoms. The number of hydrazone groups is 1. The standard InChI is InChI=1S/C21H17N3O2S/c1-13-20(27-19-9-5-4-8-17(19)23-13)21(26)24-22-12-16-15-7-3-2-6-14(15)10-11-18(16)25/h2-12,20,23,25H,1H2,(H,24,26)/b22-12+/t20-/m1/s1. The second-order valence-corrected chi connectivity index (χ2v) is 7.24. The Kier molecular flexibility index (Phi) is 4.56. The number of nitrogens with zero attached hydrogens (tertiary/aromatic N) is 1. The average molecular weight is 375 g/mol. The minimum absolute atomic E-state index is 0.110. The number of phenolic OH excluding ortho intramolecular Hbond substituents is 1. The van der Waals surface area contributed by atoms with Crippen molar-refractivity contribution in [3.63, 3.8) is 0 Å². The van der Waals surface area contributed by atoms with E-state index in [-0.39, 0.29) is 11.7 Å². The van der Waals surface area contributed by atoms with Crippen molar-refractivity contribution in [3.05, 3.63) is 78.5 Å². The lowest BCUT2D eigenvalue weighted by Crippen LogP contribution is -2.34. The van der Waals surface area contributed by atoms with Crippen molar-refractivity contribution < 1.29 is 9.90 Å². The van der Waals surface area contributed by atoms with Crippen molar-refractivity contribution in [1.82, 2.24) is 5.43 Å². The van der Waals surface area contributed by atoms with E-state index in [4.69, 9.17) is 0 Å². The van der Waals surface area contributed by atoms with Crippen LogP contribution in [0.2, 0.25) is 0 Å². The van der Waals surface area contributed by atoms with Gasteiger partial charge in [-0.1, -0.05) is 49.0 Å². The summed E-state index contributed by atoms with van der Waals surface area (Å²) in [6.45, 7) is 3.95. The number of anilines is 1. The van der Waals surface area contributed by atoms with Crippen molar-refractivity contribution >= 4 is 40.3 Å². The molecule has 1 amide bonds. The highest BCUT2D eigenvalue weighted by Gasteiger charge is 2.28. The molecule has 1 atom stereocenters. The van der Waals surface area contributed by atoms with Crippen LogP contribution >= 0.6 is 11.8 Å². The van der Waals surface area contributed by atoms with Crippen LogP contribution in [0.15, 0.2) is 82.9 Å². The first-order valence-electron chi connectivity index (χ1n) is 8.38. The van der Waals surface area contributed by atoms with Gasteiger partial charge in [-0.15, -0.1) is 11.8 Å². The van der Waals surface area contributed by atoms with Crippen molar-refractivity contribution in [2.45, 2.75) is 10.1 Å². The summed E-state index contributed by atoms with van der Waals surface area (Å²) >= 11 is 1.43. The van der Waals surface area contributed by atoms with Gasteiger partial charge in [0.05, 0.1) is 11.9 Å². The fraction of sp³-hybridized carbons (Fsp3) is 0.0476. The van der Waals surface area contributed by atoms with Crippen LogP contribution in [-0.2, 0) is 4.79 Å². The van der Waals surface area contributed by atoms with Gasteiger partial charge in [0, 0.05) is 16.2 Å². The summed E-state index contributed by atoms with van der Waals surface area (Å²) in [5, 5.41) is 18.7. The number of benzene rings is 3. The Morgan fingerprint density at radius 1 is 1.15 bits per heavy atom. The highest BCUT2D eigenvalue weighted by molar-refractivity contribution is 8.01. The van der Waals surface area contributed by atoms with Crippen LogP contribution in [-0.4, -0.2) is 22.5 Å². The van der Waals surface area contributed by atoms with Gasteiger partial charge in [-0.05, 0) is 29.0 Å². The van der Waals surface area contributed by atoms with Gasteiger partial charge in [0.1, 0.15) is 11.0 Å². The van der Waals surface area contributed by atoms with E-state index in [0.29, 0.717) is 11.3 Å². The number of thioether (sulfide) groups is 1. The van der Waals surface area contributed by atoms with Crippen LogP contribution in [0.1, 0.15) is 5.56 Å². The van der Waals surface area contributed by atoms with Crippen LogP contribution < -0.4 is 10.7 Å². The summed E-state index contributed by atoms with van der Waals surface area (Å²) in [7, 11) is 0. The summed E-state index contributed by atoms with van der Waals surface area (Å²) < 4.78 is 0. The number of rotatable bonds is 3. The molecule has 4 rings (SSSR count). The highest BCUT2D eigenvalue weighted by Crippen LogP contribution is 2.38. The molecule has 134 valence electrons. The Hall–Kier alpha value is -3.25. The van der Waals surface area contributed by atoms with Crippen LogP contribution in [0.4, 0.5) is 5.69 Å². The molecule has 0 saturated carbocycles. The van der Waals surface area contributed by atoms with E-state index in [9.17, 15) is 9.90 Å². The summed E-state index contributed by atoms with van der Waals surface area (Å²) in [5.41, 5.74) is 4.67. The zero-order valence-electron chi connectivity index (χ0n) is 14.3. The van der Waals surface area contributed by atoms with E-state index in [1.165, 1.54) is 18.0 Å². The molecule has 0 unspecified atom stereocenters. The lowest BCUT2D eigenvalue weighted by molar-refractivity contribution is -0.119. The largest absolute Gasteiger partial charge is 0.507 e. The maximum Gasteiger partial charge on any atom is 0.259 e. The maximum absolute atomic E-state index is 12.5. The van der Waals surface area contributed by atoms with Crippen molar-refractivity contribution in [2.24, 2.45) is 5.10 Å². The van der Waals surface area contributed by atoms with E-state index in [1.54, 1.807) is 6.07 Å². The molecule has 3 aromatic rings. The van der Waals surface area contributed by atoms with Gasteiger partial charge < -0.3 is 10.4 Å². The first-order valence-corrected chi connectivity index (χ1v) is 9.26. The molecule has 1 heterocycles. The molecule has 6 heteroatoms. The van der Waals surface area contributed by atoms with Crippen molar-refractivity contribution in [2.75, 3.05) is 5.32 Å². The number of para-hydroxylation sites is 1. The summed E-state index contributed by atoms with van der Waals surface area (Å²) in [6, 6.07) is 18.9. The minimum Gasteiger partial charge on any atom is -0.507 e. The average Bonchev–Trinajstić information content (AvgIpc) is 2.69. The monoisotopic (exact) mass is 375 g/mol. The van der Waals surface area contributed by atoms with Gasteiger partial charge in [0.2, 0.25) is 0 Å². The van der Waals surface area contributed by atoms with E-state index < -0.39 is 5.25 Å². The zero-order valence-corrected chi connectivity index (χ0v) is 15.2. The predicted octanol–water partition coefficient (Wildman–Crippen LogP) is 4.10. The molecule has 0 saturated heterocycles. The summed E-state index contributed by atoms with van der Waals surface area (Å²) in [6.07, 6.45) is 1.47. The maximum atomic E-state index is 12.5. The third-order valence-electron chi connectivity index (χ3n) is 4.30. The normalized spacial score (nSPS) is 16.1. The number of amides is 1. The summed E-state index contributed by atoms with van der Waals surface area (Å²) in [4.78, 5) is 13.5. The molecular formula is C21H17N3O2S. The Morgan fingerprint density at radius 2 is 1.93 bits per heavy atom. The quantitative estimate of drug-likeness (QED) is 0.476. The SMILES string of the molecule is C=C1Nc2ccccc2S[C@H]1C(=O)N/N=C/c1c(O)ccc2ccccc12. The van der Waals surface area contributed by atoms with Crippen molar-refractivity contribution in [1.29, 1.82) is 0 Å². The van der Waals surface area contributed by atoms with Gasteiger partial charge in [-0.25, -0.2) is 5.43 Å². The topological polar surface area (TPSA) is 73.7 Å². The van der Waals surface area contributed by atoms with Crippen LogP contribution in [0, 0.1) is 0 Å². The lowest BCUT2D eigenvalue weighted by Gasteiger charge is -2.26. The molecule has 0 aromatic heterocycles. The number of nitrogens with one attached hydrogen (secondary N) is 2. The fourth-order valence-electron chi connectivity index (χ4n) is 2.96. The number of carbonyl (C=O) groups is 1. The Balaban J connectivity index is 1.52. The van der Waals surface area contributed by atoms with E-state index in [0.717, 1.165) is 21.4 Å². The molecule has 1 aliphatic heterocycles. The van der Waals surface area contributed by atoms with Gasteiger partial charge in [0.25, 0.3) is 5.91 Å². The molecule has 1 aliphatic rings. The molecule has 0 aliphatic carbocycles. The molecule has 3 N–H and O–H groups in total. The third-order valence-corrected chi connectivity index (χ3v) is 5.64. The summed E-state index contributed by atoms with van der Waals surface area (Å²) in [5.74, 6) is -0.165. The Labute approximate surface area is 160 Å². The molecule has 0 bridgehead atoms. The van der Waals surface area contributed by atoms with E-state index in [2.05, 4.69) is 22.4 Å². The second kappa shape index (κ2) is 7.17. The van der Waals surface area contributed by atoms with Gasteiger partial charge in [0.15, 0.2) is 0 Å².